The molecule has 3 rings (SSSR count). The van der Waals surface area contributed by atoms with Crippen molar-refractivity contribution in [2.75, 3.05) is 17.2 Å². The smallest absolute Gasteiger partial charge is 0.325 e. The Hall–Kier alpha value is -3.68. The van der Waals surface area contributed by atoms with Gasteiger partial charge in [0.25, 0.3) is 5.56 Å². The molecule has 0 fully saturated rings. The van der Waals surface area contributed by atoms with Crippen LogP contribution in [0.5, 0.6) is 5.75 Å². The summed E-state index contributed by atoms with van der Waals surface area (Å²) in [7, 11) is 0. The third-order valence-electron chi connectivity index (χ3n) is 3.58. The highest BCUT2D eigenvalue weighted by Gasteiger charge is 2.11. The Balaban J connectivity index is 1.78. The summed E-state index contributed by atoms with van der Waals surface area (Å²) in [5, 5.41) is 4.82. The average molecular weight is 368 g/mol. The number of benzene rings is 2. The van der Waals surface area contributed by atoms with Gasteiger partial charge >= 0.3 is 6.03 Å². The Kier molecular flexibility index (Phi) is 5.46. The van der Waals surface area contributed by atoms with Crippen molar-refractivity contribution in [3.05, 3.63) is 77.1 Å². The zero-order valence-electron chi connectivity index (χ0n) is 14.5. The maximum atomic E-state index is 13.2. The molecule has 3 aromatic rings. The van der Waals surface area contributed by atoms with E-state index >= 15 is 0 Å². The molecule has 0 saturated carbocycles. The number of nitrogens with zero attached hydrogens (tertiary/aromatic N) is 2. The van der Waals surface area contributed by atoms with Crippen molar-refractivity contribution in [1.82, 2.24) is 9.55 Å². The van der Waals surface area contributed by atoms with Gasteiger partial charge in [0.15, 0.2) is 0 Å². The lowest BCUT2D eigenvalue weighted by atomic mass is 10.3. The lowest BCUT2D eigenvalue weighted by Gasteiger charge is -2.10. The quantitative estimate of drug-likeness (QED) is 0.723. The van der Waals surface area contributed by atoms with Gasteiger partial charge in [-0.1, -0.05) is 6.07 Å². The number of carbonyl (C=O) groups is 1. The summed E-state index contributed by atoms with van der Waals surface area (Å²) in [6, 6.07) is 11.7. The molecule has 0 spiro atoms. The van der Waals surface area contributed by atoms with Crippen LogP contribution >= 0.6 is 0 Å². The number of anilines is 2. The van der Waals surface area contributed by atoms with Crippen LogP contribution in [-0.4, -0.2) is 22.2 Å². The predicted molar refractivity (Wildman–Crippen MR) is 100 cm³/mol. The second kappa shape index (κ2) is 8.13. The minimum atomic E-state index is -0.699. The average Bonchev–Trinajstić information content (AvgIpc) is 2.64. The summed E-state index contributed by atoms with van der Waals surface area (Å²) in [6.45, 7) is 2.43. The largest absolute Gasteiger partial charge is 0.494 e. The molecule has 0 radical (unpaired) electrons. The summed E-state index contributed by atoms with van der Waals surface area (Å²) in [5.41, 5.74) is 0.353. The van der Waals surface area contributed by atoms with Gasteiger partial charge in [0.1, 0.15) is 11.6 Å². The number of aromatic nitrogens is 2. The van der Waals surface area contributed by atoms with Gasteiger partial charge in [-0.15, -0.1) is 0 Å². The van der Waals surface area contributed by atoms with Crippen molar-refractivity contribution in [3.63, 3.8) is 0 Å². The fourth-order valence-electron chi connectivity index (χ4n) is 2.41. The van der Waals surface area contributed by atoms with Gasteiger partial charge in [-0.05, 0) is 49.4 Å². The number of nitrogens with one attached hydrogen (secondary N) is 2. The maximum Gasteiger partial charge on any atom is 0.325 e. The zero-order valence-corrected chi connectivity index (χ0v) is 14.5. The van der Waals surface area contributed by atoms with Crippen LogP contribution in [0.25, 0.3) is 5.69 Å². The van der Waals surface area contributed by atoms with Crippen LogP contribution in [0.4, 0.5) is 20.7 Å². The van der Waals surface area contributed by atoms with E-state index in [2.05, 4.69) is 15.6 Å². The molecule has 0 atom stereocenters. The molecule has 7 nitrogen and oxygen atoms in total. The molecule has 0 aliphatic heterocycles. The summed E-state index contributed by atoms with van der Waals surface area (Å²) in [5.74, 6) is 0.0555. The van der Waals surface area contributed by atoms with E-state index in [1.54, 1.807) is 24.3 Å². The van der Waals surface area contributed by atoms with Crippen LogP contribution in [0.2, 0.25) is 0 Å². The molecule has 0 unspecified atom stereocenters. The van der Waals surface area contributed by atoms with Crippen molar-refractivity contribution in [2.45, 2.75) is 6.92 Å². The Morgan fingerprint density at radius 3 is 2.67 bits per heavy atom. The van der Waals surface area contributed by atoms with Crippen molar-refractivity contribution < 1.29 is 13.9 Å². The molecule has 2 aromatic carbocycles. The first kappa shape index (κ1) is 18.1. The molecule has 138 valence electrons. The number of hydrogen-bond acceptors (Lipinski definition) is 4. The Morgan fingerprint density at radius 1 is 1.19 bits per heavy atom. The summed E-state index contributed by atoms with van der Waals surface area (Å²) in [6.07, 6.45) is 2.89. The topological polar surface area (TPSA) is 85.2 Å². The molecule has 2 N–H and O–H groups in total. The van der Waals surface area contributed by atoms with E-state index < -0.39 is 17.4 Å². The molecule has 0 aliphatic carbocycles. The fourth-order valence-corrected chi connectivity index (χ4v) is 2.41. The first-order valence-corrected chi connectivity index (χ1v) is 8.21. The highest BCUT2D eigenvalue weighted by molar-refractivity contribution is 5.99. The van der Waals surface area contributed by atoms with E-state index in [9.17, 15) is 14.0 Å². The van der Waals surface area contributed by atoms with Crippen LogP contribution in [0, 0.1) is 5.82 Å². The van der Waals surface area contributed by atoms with Gasteiger partial charge in [0, 0.05) is 23.8 Å². The molecule has 0 bridgehead atoms. The Bertz CT molecular complexity index is 1000. The third kappa shape index (κ3) is 4.49. The number of hydrogen-bond donors (Lipinski definition) is 2. The molecule has 2 amide bonds. The summed E-state index contributed by atoms with van der Waals surface area (Å²) in [4.78, 5) is 28.6. The van der Waals surface area contributed by atoms with Crippen molar-refractivity contribution in [3.8, 4) is 11.4 Å². The van der Waals surface area contributed by atoms with Crippen LogP contribution < -0.4 is 20.9 Å². The lowest BCUT2D eigenvalue weighted by molar-refractivity contribution is 0.262. The molecular weight excluding hydrogens is 351 g/mol. The van der Waals surface area contributed by atoms with Gasteiger partial charge in [-0.3, -0.25) is 14.7 Å². The number of rotatable bonds is 5. The van der Waals surface area contributed by atoms with Gasteiger partial charge < -0.3 is 10.1 Å². The number of amides is 2. The minimum Gasteiger partial charge on any atom is -0.494 e. The second-order valence-corrected chi connectivity index (χ2v) is 5.47. The van der Waals surface area contributed by atoms with Crippen LogP contribution in [0.15, 0.2) is 65.7 Å². The molecule has 27 heavy (non-hydrogen) atoms. The molecule has 8 heteroatoms. The van der Waals surface area contributed by atoms with Crippen LogP contribution in [0.3, 0.4) is 0 Å². The number of carbonyl (C=O) groups excluding carboxylic acids is 1. The number of urea groups is 1. The van der Waals surface area contributed by atoms with Crippen LogP contribution in [-0.2, 0) is 0 Å². The maximum absolute atomic E-state index is 13.2. The molecule has 0 saturated heterocycles. The van der Waals surface area contributed by atoms with Crippen LogP contribution in [0.1, 0.15) is 6.92 Å². The highest BCUT2D eigenvalue weighted by Crippen LogP contribution is 2.14. The molecule has 0 aliphatic rings. The third-order valence-corrected chi connectivity index (χ3v) is 3.58. The molecule has 1 aromatic heterocycles. The van der Waals surface area contributed by atoms with Crippen molar-refractivity contribution >= 4 is 17.5 Å². The van der Waals surface area contributed by atoms with Gasteiger partial charge in [-0.2, -0.15) is 0 Å². The van der Waals surface area contributed by atoms with E-state index in [0.29, 0.717) is 18.0 Å². The summed E-state index contributed by atoms with van der Waals surface area (Å²) >= 11 is 0. The van der Waals surface area contributed by atoms with E-state index in [-0.39, 0.29) is 11.5 Å². The molecular formula is C19H17FN4O3. The Morgan fingerprint density at radius 2 is 1.96 bits per heavy atom. The standard InChI is InChI=1S/C19H17FN4O3/c1-2-27-16-8-6-15(7-9-16)24-11-10-21-17(18(24)25)23-19(26)22-14-5-3-4-13(20)12-14/h3-12H,2H2,1H3,(H2,21,22,23,26). The Labute approximate surface area is 154 Å². The highest BCUT2D eigenvalue weighted by atomic mass is 19.1. The first-order valence-electron chi connectivity index (χ1n) is 8.21. The van der Waals surface area contributed by atoms with E-state index in [4.69, 9.17) is 4.74 Å². The first-order chi connectivity index (χ1) is 13.1. The molecule has 1 heterocycles. The van der Waals surface area contributed by atoms with Gasteiger partial charge in [0.2, 0.25) is 5.82 Å². The lowest BCUT2D eigenvalue weighted by Crippen LogP contribution is -2.28. The van der Waals surface area contributed by atoms with E-state index in [1.807, 2.05) is 6.92 Å². The van der Waals surface area contributed by atoms with E-state index in [1.165, 1.54) is 35.2 Å². The minimum absolute atomic E-state index is 0.153. The number of ether oxygens (including phenoxy) is 1. The van der Waals surface area contributed by atoms with E-state index in [0.717, 1.165) is 6.07 Å². The SMILES string of the molecule is CCOc1ccc(-n2ccnc(NC(=O)Nc3cccc(F)c3)c2=O)cc1. The second-order valence-electron chi connectivity index (χ2n) is 5.47. The monoisotopic (exact) mass is 368 g/mol. The van der Waals surface area contributed by atoms with Crippen molar-refractivity contribution in [1.29, 1.82) is 0 Å². The fraction of sp³-hybridized carbons (Fsp3) is 0.105. The predicted octanol–water partition coefficient (Wildman–Crippen LogP) is 3.41. The van der Waals surface area contributed by atoms with Crippen molar-refractivity contribution in [2.24, 2.45) is 0 Å². The zero-order chi connectivity index (χ0) is 19.2. The summed E-state index contributed by atoms with van der Waals surface area (Å²) < 4.78 is 19.9. The normalized spacial score (nSPS) is 10.3. The number of halogens is 1. The van der Waals surface area contributed by atoms with Gasteiger partial charge in [0.05, 0.1) is 6.61 Å². The van der Waals surface area contributed by atoms with Gasteiger partial charge in [-0.25, -0.2) is 14.2 Å².